The molecule has 0 saturated heterocycles. The van der Waals surface area contributed by atoms with Crippen molar-refractivity contribution in [1.82, 2.24) is 0 Å². The number of carbonyl (C=O) groups is 1. The van der Waals surface area contributed by atoms with Crippen LogP contribution in [0, 0.1) is 6.92 Å². The number of hydrogen-bond acceptors (Lipinski definition) is 2. The maximum Gasteiger partial charge on any atom is 0.283 e. The van der Waals surface area contributed by atoms with E-state index in [9.17, 15) is 4.79 Å². The number of nitrogens with zero attached hydrogens (tertiary/aromatic N) is 1. The molecular weight excluding hydrogens is 309 g/mol. The summed E-state index contributed by atoms with van der Waals surface area (Å²) < 4.78 is 5.47. The summed E-state index contributed by atoms with van der Waals surface area (Å²) in [6.07, 6.45) is 0. The number of halogens is 2. The predicted octanol–water partition coefficient (Wildman–Crippen LogP) is 4.26. The number of ether oxygens (including phenoxy) is 1. The Morgan fingerprint density at radius 3 is 2.48 bits per heavy atom. The molecule has 0 aromatic heterocycles. The minimum Gasteiger partial charge on any atom is -0.465 e. The van der Waals surface area contributed by atoms with Crippen LogP contribution in [0.5, 0.6) is 5.75 Å². The van der Waals surface area contributed by atoms with E-state index in [-0.39, 0.29) is 5.91 Å². The van der Waals surface area contributed by atoms with Crippen LogP contribution in [0.1, 0.15) is 5.56 Å². The summed E-state index contributed by atoms with van der Waals surface area (Å²) in [5.41, 5.74) is 0.515. The van der Waals surface area contributed by atoms with Crippen LogP contribution in [0.4, 0.5) is 5.69 Å². The van der Waals surface area contributed by atoms with E-state index in [0.717, 1.165) is 11.3 Å². The van der Waals surface area contributed by atoms with Gasteiger partial charge in [-0.2, -0.15) is 0 Å². The first-order valence-electron chi connectivity index (χ1n) is 6.38. The molecule has 1 unspecified atom stereocenters. The molecule has 2 rings (SSSR count). The van der Waals surface area contributed by atoms with Crippen LogP contribution >= 0.6 is 23.2 Å². The molecule has 0 heterocycles. The number of alkyl halides is 1. The van der Waals surface area contributed by atoms with Gasteiger partial charge < -0.3 is 9.64 Å². The third kappa shape index (κ3) is 3.90. The van der Waals surface area contributed by atoms with Crippen molar-refractivity contribution < 1.29 is 9.53 Å². The molecule has 2 aromatic rings. The first-order chi connectivity index (χ1) is 9.99. The van der Waals surface area contributed by atoms with Crippen LogP contribution in [0.15, 0.2) is 48.5 Å². The number of likely N-dealkylation sites (N-methyl/N-ethyl adjacent to an activating group) is 1. The van der Waals surface area contributed by atoms with Crippen molar-refractivity contribution in [1.29, 1.82) is 0 Å². The van der Waals surface area contributed by atoms with Gasteiger partial charge in [0.2, 0.25) is 0 Å². The van der Waals surface area contributed by atoms with Crippen LogP contribution in [0.2, 0.25) is 5.02 Å². The van der Waals surface area contributed by atoms with Gasteiger partial charge in [-0.1, -0.05) is 41.4 Å². The Bertz CT molecular complexity index is 631. The maximum absolute atomic E-state index is 12.2. The van der Waals surface area contributed by atoms with Crippen LogP contribution < -0.4 is 9.64 Å². The van der Waals surface area contributed by atoms with E-state index in [1.807, 2.05) is 37.3 Å². The molecule has 5 heteroatoms. The fourth-order valence-corrected chi connectivity index (χ4v) is 2.16. The second kappa shape index (κ2) is 6.83. The first-order valence-corrected chi connectivity index (χ1v) is 7.20. The number of amides is 1. The van der Waals surface area contributed by atoms with Gasteiger partial charge in [0.1, 0.15) is 5.75 Å². The topological polar surface area (TPSA) is 29.5 Å². The fraction of sp³-hybridized carbons (Fsp3) is 0.188. The van der Waals surface area contributed by atoms with Crippen LogP contribution in [0.3, 0.4) is 0 Å². The number of aryl methyl sites for hydroxylation is 1. The highest BCUT2D eigenvalue weighted by atomic mass is 35.5. The molecule has 2 aromatic carbocycles. The minimum absolute atomic E-state index is 0.338. The number of rotatable bonds is 4. The molecule has 0 aliphatic rings. The van der Waals surface area contributed by atoms with Gasteiger partial charge in [0.15, 0.2) is 0 Å². The average Bonchev–Trinajstić information content (AvgIpc) is 2.50. The van der Waals surface area contributed by atoms with E-state index in [0.29, 0.717) is 10.8 Å². The van der Waals surface area contributed by atoms with E-state index < -0.39 is 5.56 Å². The van der Waals surface area contributed by atoms with Gasteiger partial charge in [0.05, 0.1) is 0 Å². The normalized spacial score (nSPS) is 11.8. The van der Waals surface area contributed by atoms with Crippen molar-refractivity contribution in [3.8, 4) is 5.75 Å². The number of para-hydroxylation sites is 1. The third-order valence-corrected chi connectivity index (χ3v) is 3.74. The Hall–Kier alpha value is -1.71. The molecule has 110 valence electrons. The minimum atomic E-state index is -1.10. The van der Waals surface area contributed by atoms with Crippen molar-refractivity contribution >= 4 is 34.8 Å². The van der Waals surface area contributed by atoms with Gasteiger partial charge in [-0.05, 0) is 42.8 Å². The monoisotopic (exact) mass is 323 g/mol. The summed E-state index contributed by atoms with van der Waals surface area (Å²) in [5.74, 6) is 0.169. The van der Waals surface area contributed by atoms with Gasteiger partial charge in [0.25, 0.3) is 11.5 Å². The predicted molar refractivity (Wildman–Crippen MR) is 86.3 cm³/mol. The fourth-order valence-electron chi connectivity index (χ4n) is 1.79. The van der Waals surface area contributed by atoms with Crippen LogP contribution in [-0.2, 0) is 4.79 Å². The quantitative estimate of drug-likeness (QED) is 0.787. The zero-order chi connectivity index (χ0) is 15.4. The van der Waals surface area contributed by atoms with Crippen molar-refractivity contribution in [2.24, 2.45) is 0 Å². The second-order valence-electron chi connectivity index (χ2n) is 4.58. The van der Waals surface area contributed by atoms with Crippen LogP contribution in [0.25, 0.3) is 0 Å². The summed E-state index contributed by atoms with van der Waals surface area (Å²) in [6.45, 7) is 1.86. The molecule has 0 radical (unpaired) electrons. The van der Waals surface area contributed by atoms with Gasteiger partial charge in [0, 0.05) is 17.8 Å². The van der Waals surface area contributed by atoms with Crippen molar-refractivity contribution in [2.45, 2.75) is 12.5 Å². The molecule has 0 fully saturated rings. The average molecular weight is 324 g/mol. The van der Waals surface area contributed by atoms with Crippen molar-refractivity contribution in [3.63, 3.8) is 0 Å². The number of carbonyl (C=O) groups excluding carboxylic acids is 1. The Balaban J connectivity index is 2.07. The highest BCUT2D eigenvalue weighted by Crippen LogP contribution is 2.23. The lowest BCUT2D eigenvalue weighted by Crippen LogP contribution is -2.36. The van der Waals surface area contributed by atoms with Crippen molar-refractivity contribution in [3.05, 3.63) is 59.1 Å². The molecule has 0 N–H and O–H groups in total. The molecule has 0 spiro atoms. The Labute approximate surface area is 134 Å². The molecular formula is C16H15Cl2NO2. The molecule has 0 aliphatic carbocycles. The smallest absolute Gasteiger partial charge is 0.283 e. The highest BCUT2D eigenvalue weighted by molar-refractivity contribution is 6.32. The van der Waals surface area contributed by atoms with Gasteiger partial charge in [-0.3, -0.25) is 4.79 Å². The lowest BCUT2D eigenvalue weighted by molar-refractivity contribution is -0.121. The largest absolute Gasteiger partial charge is 0.465 e. The highest BCUT2D eigenvalue weighted by Gasteiger charge is 2.22. The Kier molecular flexibility index (Phi) is 5.10. The lowest BCUT2D eigenvalue weighted by Gasteiger charge is -2.21. The van der Waals surface area contributed by atoms with Gasteiger partial charge in [-0.15, -0.1) is 0 Å². The molecule has 3 nitrogen and oxygen atoms in total. The first kappa shape index (κ1) is 15.7. The van der Waals surface area contributed by atoms with Gasteiger partial charge >= 0.3 is 0 Å². The van der Waals surface area contributed by atoms with Crippen LogP contribution in [-0.4, -0.2) is 18.5 Å². The van der Waals surface area contributed by atoms with E-state index in [1.165, 1.54) is 4.90 Å². The van der Waals surface area contributed by atoms with Crippen molar-refractivity contribution in [2.75, 3.05) is 11.9 Å². The second-order valence-corrected chi connectivity index (χ2v) is 5.38. The molecule has 0 bridgehead atoms. The number of hydrogen-bond donors (Lipinski definition) is 0. The Morgan fingerprint density at radius 1 is 1.19 bits per heavy atom. The summed E-state index contributed by atoms with van der Waals surface area (Å²) in [7, 11) is 1.66. The summed E-state index contributed by atoms with van der Waals surface area (Å²) >= 11 is 12.0. The summed E-state index contributed by atoms with van der Waals surface area (Å²) in [6, 6.07) is 14.4. The van der Waals surface area contributed by atoms with E-state index in [4.69, 9.17) is 27.9 Å². The number of anilines is 1. The Morgan fingerprint density at radius 2 is 1.86 bits per heavy atom. The van der Waals surface area contributed by atoms with E-state index in [1.54, 1.807) is 25.2 Å². The summed E-state index contributed by atoms with van der Waals surface area (Å²) in [5, 5.41) is 0.640. The SMILES string of the molecule is Cc1cc(OC(Cl)C(=O)N(C)c2ccccc2)ccc1Cl. The number of benzene rings is 2. The molecule has 0 aliphatic heterocycles. The molecule has 1 atom stereocenters. The molecule has 0 saturated carbocycles. The maximum atomic E-state index is 12.2. The van der Waals surface area contributed by atoms with E-state index in [2.05, 4.69) is 0 Å². The zero-order valence-corrected chi connectivity index (χ0v) is 13.2. The van der Waals surface area contributed by atoms with Gasteiger partial charge in [-0.25, -0.2) is 0 Å². The standard InChI is InChI=1S/C16H15Cl2NO2/c1-11-10-13(8-9-14(11)17)21-15(18)16(20)19(2)12-6-4-3-5-7-12/h3-10,15H,1-2H3. The molecule has 21 heavy (non-hydrogen) atoms. The summed E-state index contributed by atoms with van der Waals surface area (Å²) in [4.78, 5) is 13.7. The van der Waals surface area contributed by atoms with E-state index >= 15 is 0 Å². The molecule has 1 amide bonds. The zero-order valence-electron chi connectivity index (χ0n) is 11.7. The lowest BCUT2D eigenvalue weighted by atomic mass is 10.2. The third-order valence-electron chi connectivity index (χ3n) is 3.04.